The Bertz CT molecular complexity index is 1840. The minimum Gasteiger partial charge on any atom is -0.394 e. The smallest absolute Gasteiger partial charge is 0.394 e. The summed E-state index contributed by atoms with van der Waals surface area (Å²) in [6, 6.07) is 0. The van der Waals surface area contributed by atoms with Crippen LogP contribution < -0.4 is 17.0 Å². The van der Waals surface area contributed by atoms with Gasteiger partial charge in [-0.15, -0.1) is 0 Å². The Morgan fingerprint density at radius 3 is 2.58 bits per heavy atom. The maximum Gasteiger partial charge on any atom is 0.472 e. The van der Waals surface area contributed by atoms with Crippen molar-refractivity contribution in [1.29, 1.82) is 0 Å². The van der Waals surface area contributed by atoms with Gasteiger partial charge in [0.2, 0.25) is 14.0 Å². The van der Waals surface area contributed by atoms with Gasteiger partial charge in [0, 0.05) is 6.42 Å². The van der Waals surface area contributed by atoms with Crippen molar-refractivity contribution in [3.05, 3.63) is 29.3 Å². The Morgan fingerprint density at radius 1 is 1.11 bits per heavy atom. The summed E-state index contributed by atoms with van der Waals surface area (Å²) < 4.78 is 54.9. The van der Waals surface area contributed by atoms with E-state index in [0.29, 0.717) is 0 Å². The van der Waals surface area contributed by atoms with Crippen LogP contribution in [-0.4, -0.2) is 109 Å². The maximum absolute atomic E-state index is 13.2. The van der Waals surface area contributed by atoms with Crippen LogP contribution >= 0.6 is 15.9 Å². The lowest BCUT2D eigenvalue weighted by atomic mass is 10.1. The van der Waals surface area contributed by atoms with Crippen LogP contribution in [0, 0.1) is 0 Å². The Balaban J connectivity index is 1.20. The molecule has 22 nitrogen and oxygen atoms in total. The number of anilines is 2. The largest absolute Gasteiger partial charge is 0.472 e. The molecule has 0 amide bonds. The first kappa shape index (κ1) is 31.6. The highest BCUT2D eigenvalue weighted by Gasteiger charge is 2.48. The van der Waals surface area contributed by atoms with E-state index in [1.54, 1.807) is 0 Å². The highest BCUT2D eigenvalue weighted by molar-refractivity contribution is 7.47. The molecule has 2 aliphatic heterocycles. The fourth-order valence-electron chi connectivity index (χ4n) is 5.18. The van der Waals surface area contributed by atoms with Gasteiger partial charge in [-0.1, -0.05) is 0 Å². The molecular weight excluding hydrogens is 646 g/mol. The van der Waals surface area contributed by atoms with E-state index < -0.39 is 83.9 Å². The number of aromatic amines is 1. The molecule has 0 aromatic carbocycles. The number of aliphatic hydroxyl groups excluding tert-OH is 2. The summed E-state index contributed by atoms with van der Waals surface area (Å²) in [7, 11) is -8.08. The van der Waals surface area contributed by atoms with Gasteiger partial charge in [0.05, 0.1) is 32.0 Å². The quantitative estimate of drug-likeness (QED) is 0.0844. The molecule has 4 unspecified atom stereocenters. The van der Waals surface area contributed by atoms with Gasteiger partial charge in [0.25, 0.3) is 5.56 Å². The molecule has 6 rings (SSSR count). The standard InChI is InChI=1S/C21H28N10O12P2/c22-15-11-16(25-4-24-15)30(5-26-11)20-13(33)14(39-7-44(35)36)10(42-20)3-40-45(37,38)43-9-1-8(2-32)41-19(9)31-6-27-12-17(31)28-21(23)29-18(12)34/h4-6,8-10,13-14,19-20,32-33,44H,1-3,7H2,(H,35,36)(H,37,38)(H2,22,24,25)(H3,23,28,29,34)/t8-,9?,10+,13?,14-,19+,20+/m0/s1. The van der Waals surface area contributed by atoms with Crippen molar-refractivity contribution < 1.29 is 52.4 Å². The van der Waals surface area contributed by atoms with Crippen molar-refractivity contribution >= 4 is 49.9 Å². The fourth-order valence-corrected chi connectivity index (χ4v) is 6.45. The van der Waals surface area contributed by atoms with Gasteiger partial charge >= 0.3 is 7.82 Å². The van der Waals surface area contributed by atoms with Crippen LogP contribution in [0.5, 0.6) is 0 Å². The van der Waals surface area contributed by atoms with Crippen LogP contribution in [0.4, 0.5) is 11.8 Å². The van der Waals surface area contributed by atoms with Crippen molar-refractivity contribution in [2.24, 2.45) is 0 Å². The van der Waals surface area contributed by atoms with Gasteiger partial charge in [-0.2, -0.15) is 4.98 Å². The van der Waals surface area contributed by atoms with E-state index in [9.17, 15) is 33.9 Å². The Hall–Kier alpha value is -3.40. The van der Waals surface area contributed by atoms with Crippen LogP contribution in [0.2, 0.25) is 0 Å². The molecule has 2 aliphatic rings. The lowest BCUT2D eigenvalue weighted by Gasteiger charge is -2.24. The SMILES string of the molecule is Nc1nc2c(ncn2[C@@H]2O[C@H](CO)CC2OP(=O)(O)OC[C@H]2O[C@@H](n3cnc4c(N)ncnc43)C(O)[C@H]2OC[PH](=O)O)c(=O)[nH]1. The highest BCUT2D eigenvalue weighted by Crippen LogP contribution is 2.50. The predicted octanol–water partition coefficient (Wildman–Crippen LogP) is -2.03. The number of rotatable bonds is 11. The molecule has 4 aromatic rings. The summed E-state index contributed by atoms with van der Waals surface area (Å²) in [5.41, 5.74) is 11.2. The van der Waals surface area contributed by atoms with Crippen LogP contribution in [-0.2, 0) is 32.4 Å². The molecule has 6 heterocycles. The number of phosphoric ester groups is 1. The predicted molar refractivity (Wildman–Crippen MR) is 149 cm³/mol. The molecule has 9 atom stereocenters. The van der Waals surface area contributed by atoms with Gasteiger partial charge < -0.3 is 45.7 Å². The molecule has 0 spiro atoms. The van der Waals surface area contributed by atoms with Crippen LogP contribution in [0.1, 0.15) is 18.9 Å². The number of nitrogens with zero attached hydrogens (tertiary/aromatic N) is 7. The molecule has 4 aromatic heterocycles. The number of nitrogens with two attached hydrogens (primary N) is 2. The summed E-state index contributed by atoms with van der Waals surface area (Å²) >= 11 is 0. The zero-order chi connectivity index (χ0) is 32.0. The molecule has 2 saturated heterocycles. The van der Waals surface area contributed by atoms with Gasteiger partial charge in [-0.05, 0) is 0 Å². The van der Waals surface area contributed by atoms with Crippen molar-refractivity contribution in [2.75, 3.05) is 31.0 Å². The van der Waals surface area contributed by atoms with Gasteiger partial charge in [-0.3, -0.25) is 32.5 Å². The Morgan fingerprint density at radius 2 is 1.84 bits per heavy atom. The van der Waals surface area contributed by atoms with Crippen molar-refractivity contribution in [3.63, 3.8) is 0 Å². The third kappa shape index (κ3) is 6.22. The number of hydrogen-bond donors (Lipinski definition) is 7. The number of hydrogen-bond acceptors (Lipinski definition) is 17. The van der Waals surface area contributed by atoms with E-state index >= 15 is 0 Å². The lowest BCUT2D eigenvalue weighted by molar-refractivity contribution is -0.0647. The zero-order valence-corrected chi connectivity index (χ0v) is 24.8. The Labute approximate surface area is 251 Å². The molecule has 0 saturated carbocycles. The maximum atomic E-state index is 13.2. The molecular formula is C21H28N10O12P2. The van der Waals surface area contributed by atoms with E-state index in [1.165, 1.54) is 28.1 Å². The summed E-state index contributed by atoms with van der Waals surface area (Å²) in [4.78, 5) is 54.7. The first-order valence-corrected chi connectivity index (χ1v) is 16.3. The summed E-state index contributed by atoms with van der Waals surface area (Å²) in [6.45, 7) is -1.15. The van der Waals surface area contributed by atoms with Gasteiger partial charge in [-0.25, -0.2) is 24.5 Å². The fraction of sp³-hybridized carbons (Fsp3) is 0.524. The van der Waals surface area contributed by atoms with Crippen molar-refractivity contribution in [3.8, 4) is 0 Å². The average Bonchev–Trinajstić information content (AvgIpc) is 3.75. The van der Waals surface area contributed by atoms with Crippen molar-refractivity contribution in [2.45, 2.75) is 49.4 Å². The summed E-state index contributed by atoms with van der Waals surface area (Å²) in [5.74, 6) is -0.136. The van der Waals surface area contributed by atoms with E-state index in [2.05, 4.69) is 29.9 Å². The number of fused-ring (bicyclic) bond motifs is 2. The first-order chi connectivity index (χ1) is 21.5. The minimum atomic E-state index is -4.95. The lowest BCUT2D eigenvalue weighted by Crippen LogP contribution is -2.36. The summed E-state index contributed by atoms with van der Waals surface area (Å²) in [6.07, 6.45) is -5.53. The second-order valence-corrected chi connectivity index (χ2v) is 12.5. The van der Waals surface area contributed by atoms with Crippen LogP contribution in [0.25, 0.3) is 22.3 Å². The number of nitrogens with one attached hydrogen (secondary N) is 1. The number of ether oxygens (including phenoxy) is 3. The monoisotopic (exact) mass is 674 g/mol. The van der Waals surface area contributed by atoms with Gasteiger partial charge in [0.15, 0.2) is 35.1 Å². The van der Waals surface area contributed by atoms with E-state index in [0.717, 1.165) is 0 Å². The topological polar surface area (TPSA) is 320 Å². The van der Waals surface area contributed by atoms with E-state index in [1.807, 2.05) is 0 Å². The molecule has 0 bridgehead atoms. The highest BCUT2D eigenvalue weighted by atomic mass is 31.2. The van der Waals surface area contributed by atoms with Gasteiger partial charge in [0.1, 0.15) is 42.6 Å². The van der Waals surface area contributed by atoms with Crippen LogP contribution in [0.15, 0.2) is 23.8 Å². The van der Waals surface area contributed by atoms with E-state index in [4.69, 9.17) is 34.7 Å². The molecule has 45 heavy (non-hydrogen) atoms. The first-order valence-electron chi connectivity index (χ1n) is 13.2. The molecule has 2 fully saturated rings. The number of aromatic nitrogens is 8. The van der Waals surface area contributed by atoms with Crippen LogP contribution in [0.3, 0.4) is 0 Å². The molecule has 24 heteroatoms. The minimum absolute atomic E-state index is 0.00345. The third-order valence-electron chi connectivity index (χ3n) is 7.11. The zero-order valence-electron chi connectivity index (χ0n) is 22.9. The third-order valence-corrected chi connectivity index (χ3v) is 8.54. The molecule has 0 radical (unpaired) electrons. The van der Waals surface area contributed by atoms with E-state index in [-0.39, 0.29) is 40.5 Å². The number of H-pyrrole nitrogens is 1. The van der Waals surface area contributed by atoms with Crippen molar-refractivity contribution in [1.82, 2.24) is 39.0 Å². The number of aliphatic hydroxyl groups is 2. The Kier molecular flexibility index (Phi) is 8.71. The number of nitrogen functional groups attached to an aromatic ring is 2. The molecule has 9 N–H and O–H groups in total. The normalized spacial score (nSPS) is 29.0. The second kappa shape index (κ2) is 12.4. The number of imidazole rings is 2. The molecule has 244 valence electrons. The average molecular weight is 674 g/mol. The second-order valence-electron chi connectivity index (χ2n) is 10.1. The molecule has 0 aliphatic carbocycles. The summed E-state index contributed by atoms with van der Waals surface area (Å²) in [5, 5.41) is 20.8. The number of phosphoric acid groups is 1.